The minimum absolute atomic E-state index is 0.0915. The van der Waals surface area contributed by atoms with Gasteiger partial charge in [0.25, 0.3) is 0 Å². The highest BCUT2D eigenvalue weighted by Gasteiger charge is 2.36. The number of ether oxygens (including phenoxy) is 1. The molecule has 2 aromatic heterocycles. The maximum atomic E-state index is 13.3. The van der Waals surface area contributed by atoms with Crippen LogP contribution in [0.3, 0.4) is 0 Å². The van der Waals surface area contributed by atoms with Crippen molar-refractivity contribution in [3.05, 3.63) is 47.3 Å². The van der Waals surface area contributed by atoms with E-state index < -0.39 is 0 Å². The van der Waals surface area contributed by atoms with Crippen molar-refractivity contribution in [2.24, 2.45) is 5.41 Å². The van der Waals surface area contributed by atoms with Gasteiger partial charge in [-0.25, -0.2) is 4.98 Å². The molecule has 2 heterocycles. The summed E-state index contributed by atoms with van der Waals surface area (Å²) in [5, 5.41) is 10.7. The van der Waals surface area contributed by atoms with E-state index >= 15 is 0 Å². The van der Waals surface area contributed by atoms with Gasteiger partial charge in [-0.1, -0.05) is 26.0 Å². The number of hydrogen-bond donors (Lipinski definition) is 0. The van der Waals surface area contributed by atoms with Crippen molar-refractivity contribution in [1.29, 1.82) is 5.26 Å². The molecule has 0 spiro atoms. The maximum Gasteiger partial charge on any atom is 0.165 e. The fourth-order valence-corrected chi connectivity index (χ4v) is 4.41. The van der Waals surface area contributed by atoms with E-state index in [0.717, 1.165) is 40.0 Å². The van der Waals surface area contributed by atoms with Gasteiger partial charge < -0.3 is 9.30 Å². The molecule has 0 aliphatic heterocycles. The number of nitriles is 1. The van der Waals surface area contributed by atoms with Gasteiger partial charge in [0.15, 0.2) is 5.78 Å². The van der Waals surface area contributed by atoms with Gasteiger partial charge in [-0.3, -0.25) is 4.79 Å². The molecule has 0 radical (unpaired) electrons. The molecule has 0 fully saturated rings. The van der Waals surface area contributed by atoms with Gasteiger partial charge in [0, 0.05) is 34.7 Å². The molecule has 0 unspecified atom stereocenters. The Hall–Kier alpha value is -3.13. The summed E-state index contributed by atoms with van der Waals surface area (Å²) >= 11 is 0. The van der Waals surface area contributed by atoms with Crippen molar-refractivity contribution >= 4 is 16.8 Å². The lowest BCUT2D eigenvalue weighted by Gasteiger charge is -2.31. The van der Waals surface area contributed by atoms with Gasteiger partial charge in [-0.15, -0.1) is 0 Å². The summed E-state index contributed by atoms with van der Waals surface area (Å²) in [6.45, 7) is 10.5. The number of pyridine rings is 1. The molecular weight excluding hydrogens is 374 g/mol. The number of fused-ring (bicyclic) bond motifs is 2. The Morgan fingerprint density at radius 2 is 1.80 bits per heavy atom. The number of aromatic nitrogens is 2. The lowest BCUT2D eigenvalue weighted by Crippen LogP contribution is -2.29. The molecule has 3 aromatic rings. The van der Waals surface area contributed by atoms with Crippen LogP contribution in [0.5, 0.6) is 5.75 Å². The Bertz CT molecular complexity index is 1200. The summed E-state index contributed by atoms with van der Waals surface area (Å²) in [7, 11) is 1.63. The Morgan fingerprint density at radius 1 is 1.13 bits per heavy atom. The van der Waals surface area contributed by atoms with E-state index in [1.807, 2.05) is 30.5 Å². The van der Waals surface area contributed by atoms with E-state index in [4.69, 9.17) is 9.72 Å². The average molecular weight is 402 g/mol. The first-order chi connectivity index (χ1) is 14.1. The molecule has 5 nitrogen and oxygen atoms in total. The normalized spacial score (nSPS) is 15.7. The van der Waals surface area contributed by atoms with Gasteiger partial charge in [0.05, 0.1) is 18.4 Å². The number of Topliss-reactive ketones (excluding diaryl/α,β-unsaturated/α-hetero) is 1. The zero-order valence-electron chi connectivity index (χ0n) is 18.5. The number of hydrogen-bond acceptors (Lipinski definition) is 4. The number of ketones is 1. The van der Waals surface area contributed by atoms with Crippen molar-refractivity contribution in [2.75, 3.05) is 7.11 Å². The zero-order chi connectivity index (χ0) is 21.8. The number of methoxy groups -OCH3 is 1. The molecule has 154 valence electrons. The first-order valence-corrected chi connectivity index (χ1v) is 10.2. The minimum atomic E-state index is -0.250. The van der Waals surface area contributed by atoms with Crippen LogP contribution in [0.1, 0.15) is 62.7 Å². The van der Waals surface area contributed by atoms with Crippen molar-refractivity contribution in [3.63, 3.8) is 0 Å². The maximum absolute atomic E-state index is 13.3. The molecule has 1 aromatic carbocycles. The first-order valence-electron chi connectivity index (χ1n) is 10.2. The lowest BCUT2D eigenvalue weighted by molar-refractivity contribution is 0.0911. The van der Waals surface area contributed by atoms with Crippen molar-refractivity contribution in [3.8, 4) is 22.9 Å². The second-order valence-electron chi connectivity index (χ2n) is 9.87. The fraction of sp³-hybridized carbons (Fsp3) is 0.400. The van der Waals surface area contributed by atoms with Crippen LogP contribution in [0.15, 0.2) is 30.5 Å². The summed E-state index contributed by atoms with van der Waals surface area (Å²) in [5.74, 6) is 0.840. The molecule has 30 heavy (non-hydrogen) atoms. The highest BCUT2D eigenvalue weighted by Crippen LogP contribution is 2.43. The molecule has 5 heteroatoms. The smallest absolute Gasteiger partial charge is 0.165 e. The van der Waals surface area contributed by atoms with Crippen molar-refractivity contribution in [2.45, 2.75) is 53.0 Å². The van der Waals surface area contributed by atoms with Crippen molar-refractivity contribution < 1.29 is 9.53 Å². The predicted molar refractivity (Wildman–Crippen MR) is 118 cm³/mol. The second-order valence-corrected chi connectivity index (χ2v) is 9.87. The SMILES string of the molecule is COc1ccc(-c2c3c(nc4c2c(C#N)cn4C(C)(C)C)CC(C)(C)CC3=O)cc1. The van der Waals surface area contributed by atoms with Gasteiger partial charge in [-0.05, 0) is 50.3 Å². The predicted octanol–water partition coefficient (Wildman–Crippen LogP) is 5.49. The molecule has 0 saturated heterocycles. The highest BCUT2D eigenvalue weighted by atomic mass is 16.5. The van der Waals surface area contributed by atoms with E-state index in [1.54, 1.807) is 7.11 Å². The Morgan fingerprint density at radius 3 is 2.37 bits per heavy atom. The number of benzene rings is 1. The van der Waals surface area contributed by atoms with Crippen LogP contribution >= 0.6 is 0 Å². The molecule has 1 aliphatic rings. The number of rotatable bonds is 2. The molecule has 1 aliphatic carbocycles. The summed E-state index contributed by atoms with van der Waals surface area (Å²) in [4.78, 5) is 18.3. The molecule has 0 amide bonds. The van der Waals surface area contributed by atoms with Crippen LogP contribution in [0, 0.1) is 16.7 Å². The molecule has 0 N–H and O–H groups in total. The number of carbonyl (C=O) groups is 1. The van der Waals surface area contributed by atoms with Crippen LogP contribution in [0.2, 0.25) is 0 Å². The summed E-state index contributed by atoms with van der Waals surface area (Å²) in [6, 6.07) is 10.0. The molecule has 4 rings (SSSR count). The Kier molecular flexibility index (Phi) is 4.50. The number of nitrogens with zero attached hydrogens (tertiary/aromatic N) is 3. The lowest BCUT2D eigenvalue weighted by atomic mass is 9.73. The Balaban J connectivity index is 2.16. The summed E-state index contributed by atoms with van der Waals surface area (Å²) in [6.07, 6.45) is 3.06. The zero-order valence-corrected chi connectivity index (χ0v) is 18.5. The van der Waals surface area contributed by atoms with Crippen LogP contribution in [0.4, 0.5) is 0 Å². The van der Waals surface area contributed by atoms with Gasteiger partial charge in [0.2, 0.25) is 0 Å². The van der Waals surface area contributed by atoms with E-state index in [1.165, 1.54) is 0 Å². The van der Waals surface area contributed by atoms with Gasteiger partial charge >= 0.3 is 0 Å². The Labute approximate surface area is 177 Å². The quantitative estimate of drug-likeness (QED) is 0.569. The monoisotopic (exact) mass is 401 g/mol. The van der Waals surface area contributed by atoms with Crippen molar-refractivity contribution in [1.82, 2.24) is 9.55 Å². The molecule has 0 bridgehead atoms. The summed E-state index contributed by atoms with van der Waals surface area (Å²) < 4.78 is 7.37. The number of carbonyl (C=O) groups excluding carboxylic acids is 1. The average Bonchev–Trinajstić information content (AvgIpc) is 3.04. The highest BCUT2D eigenvalue weighted by molar-refractivity contribution is 6.12. The third-order valence-electron chi connectivity index (χ3n) is 5.79. The van der Waals surface area contributed by atoms with Gasteiger partial charge in [0.1, 0.15) is 17.5 Å². The van der Waals surface area contributed by atoms with Gasteiger partial charge in [-0.2, -0.15) is 5.26 Å². The van der Waals surface area contributed by atoms with E-state index in [2.05, 4.69) is 45.3 Å². The third kappa shape index (κ3) is 3.17. The first kappa shape index (κ1) is 20.2. The molecular formula is C25H27N3O2. The van der Waals surface area contributed by atoms with Crippen LogP contribution < -0.4 is 4.74 Å². The standard InChI is InChI=1S/C25H27N3O2/c1-24(2,3)28-14-16(13-26)21-20(15-7-9-17(30-6)10-8-15)22-18(27-23(21)28)11-25(4,5)12-19(22)29/h7-10,14H,11-12H2,1-6H3. The fourth-order valence-electron chi connectivity index (χ4n) is 4.41. The second kappa shape index (κ2) is 6.70. The molecule has 0 saturated carbocycles. The third-order valence-corrected chi connectivity index (χ3v) is 5.79. The van der Waals surface area contributed by atoms with Crippen LogP contribution in [-0.4, -0.2) is 22.4 Å². The topological polar surface area (TPSA) is 67.9 Å². The van der Waals surface area contributed by atoms with Crippen LogP contribution in [-0.2, 0) is 12.0 Å². The molecule has 0 atom stereocenters. The van der Waals surface area contributed by atoms with E-state index in [-0.39, 0.29) is 16.7 Å². The van der Waals surface area contributed by atoms with E-state index in [0.29, 0.717) is 17.5 Å². The minimum Gasteiger partial charge on any atom is -0.497 e. The largest absolute Gasteiger partial charge is 0.497 e. The van der Waals surface area contributed by atoms with E-state index in [9.17, 15) is 10.1 Å². The van der Waals surface area contributed by atoms with Crippen LogP contribution in [0.25, 0.3) is 22.2 Å². The summed E-state index contributed by atoms with van der Waals surface area (Å²) in [5.41, 5.74) is 4.11.